The minimum atomic E-state index is -0.618. The largest absolute Gasteiger partial charge is 0.493 e. The molecule has 1 aliphatic carbocycles. The van der Waals surface area contributed by atoms with Crippen LogP contribution >= 0.6 is 11.6 Å². The molecule has 2 fully saturated rings. The highest BCUT2D eigenvalue weighted by Crippen LogP contribution is 2.39. The molecule has 0 bridgehead atoms. The lowest BCUT2D eigenvalue weighted by molar-refractivity contribution is 0.0481. The van der Waals surface area contributed by atoms with Gasteiger partial charge in [-0.05, 0) is 42.5 Å². The predicted octanol–water partition coefficient (Wildman–Crippen LogP) is 2.42. The SMILES string of the molecule is OC1(Cc2cc(Cl)cc3c2OCC3)CCN(C2CC2)C1. The maximum absolute atomic E-state index is 10.9. The number of fused-ring (bicyclic) bond motifs is 1. The lowest BCUT2D eigenvalue weighted by atomic mass is 9.92. The van der Waals surface area contributed by atoms with Crippen LogP contribution in [0.25, 0.3) is 0 Å². The second kappa shape index (κ2) is 4.62. The summed E-state index contributed by atoms with van der Waals surface area (Å²) in [5.41, 5.74) is 1.64. The Labute approximate surface area is 124 Å². The second-order valence-electron chi connectivity index (χ2n) is 6.50. The van der Waals surface area contributed by atoms with E-state index in [2.05, 4.69) is 4.90 Å². The molecule has 1 atom stereocenters. The third kappa shape index (κ3) is 2.32. The number of ether oxygens (including phenoxy) is 1. The molecule has 1 aromatic rings. The van der Waals surface area contributed by atoms with Crippen molar-refractivity contribution >= 4 is 11.6 Å². The fourth-order valence-electron chi connectivity index (χ4n) is 3.62. The molecule has 20 heavy (non-hydrogen) atoms. The monoisotopic (exact) mass is 293 g/mol. The highest BCUT2D eigenvalue weighted by molar-refractivity contribution is 6.30. The third-order valence-corrected chi connectivity index (χ3v) is 4.99. The molecular weight excluding hydrogens is 274 g/mol. The first-order chi connectivity index (χ1) is 9.63. The molecule has 1 saturated heterocycles. The summed E-state index contributed by atoms with van der Waals surface area (Å²) < 4.78 is 5.74. The minimum Gasteiger partial charge on any atom is -0.493 e. The maximum atomic E-state index is 10.9. The predicted molar refractivity (Wildman–Crippen MR) is 78.5 cm³/mol. The number of β-amino-alcohol motifs (C(OH)–C–C–N with tert-alkyl or cyclic N) is 1. The molecule has 3 aliphatic rings. The van der Waals surface area contributed by atoms with Crippen molar-refractivity contribution in [1.82, 2.24) is 4.90 Å². The Kier molecular flexibility index (Phi) is 2.99. The van der Waals surface area contributed by atoms with E-state index in [0.29, 0.717) is 6.42 Å². The molecule has 0 radical (unpaired) electrons. The molecule has 2 heterocycles. The molecule has 108 valence electrons. The van der Waals surface area contributed by atoms with Crippen LogP contribution < -0.4 is 4.74 Å². The van der Waals surface area contributed by atoms with Gasteiger partial charge in [-0.2, -0.15) is 0 Å². The van der Waals surface area contributed by atoms with Gasteiger partial charge in [-0.25, -0.2) is 0 Å². The van der Waals surface area contributed by atoms with Crippen LogP contribution in [0.1, 0.15) is 30.4 Å². The molecule has 3 nitrogen and oxygen atoms in total. The van der Waals surface area contributed by atoms with Crippen LogP contribution in [-0.2, 0) is 12.8 Å². The molecule has 1 aromatic carbocycles. The van der Waals surface area contributed by atoms with E-state index in [1.807, 2.05) is 12.1 Å². The third-order valence-electron chi connectivity index (χ3n) is 4.77. The summed E-state index contributed by atoms with van der Waals surface area (Å²) in [6.45, 7) is 2.54. The normalized spacial score (nSPS) is 29.5. The van der Waals surface area contributed by atoms with Crippen molar-refractivity contribution in [3.63, 3.8) is 0 Å². The molecule has 4 rings (SSSR count). The van der Waals surface area contributed by atoms with E-state index < -0.39 is 5.60 Å². The molecule has 1 N–H and O–H groups in total. The average molecular weight is 294 g/mol. The number of halogens is 1. The molecule has 2 aliphatic heterocycles. The van der Waals surface area contributed by atoms with E-state index in [9.17, 15) is 5.11 Å². The van der Waals surface area contributed by atoms with Crippen molar-refractivity contribution in [2.75, 3.05) is 19.7 Å². The lowest BCUT2D eigenvalue weighted by Gasteiger charge is -2.24. The van der Waals surface area contributed by atoms with Crippen molar-refractivity contribution in [2.45, 2.75) is 43.7 Å². The van der Waals surface area contributed by atoms with E-state index >= 15 is 0 Å². The molecule has 0 spiro atoms. The summed E-state index contributed by atoms with van der Waals surface area (Å²) >= 11 is 6.20. The Morgan fingerprint density at radius 3 is 3.05 bits per heavy atom. The van der Waals surface area contributed by atoms with Crippen molar-refractivity contribution < 1.29 is 9.84 Å². The van der Waals surface area contributed by atoms with Crippen LogP contribution in [0.2, 0.25) is 5.02 Å². The van der Waals surface area contributed by atoms with Gasteiger partial charge in [0.05, 0.1) is 12.2 Å². The minimum absolute atomic E-state index is 0.618. The highest BCUT2D eigenvalue weighted by atomic mass is 35.5. The number of hydrogen-bond acceptors (Lipinski definition) is 3. The Balaban J connectivity index is 1.57. The van der Waals surface area contributed by atoms with E-state index in [-0.39, 0.29) is 0 Å². The zero-order chi connectivity index (χ0) is 13.7. The number of aliphatic hydroxyl groups is 1. The van der Waals surface area contributed by atoms with E-state index in [0.717, 1.165) is 54.9 Å². The molecule has 0 aromatic heterocycles. The Hall–Kier alpha value is -0.770. The Bertz CT molecular complexity index is 544. The van der Waals surface area contributed by atoms with E-state index in [1.54, 1.807) is 0 Å². The summed E-state index contributed by atoms with van der Waals surface area (Å²) in [6.07, 6.45) is 5.02. The van der Waals surface area contributed by atoms with Gasteiger partial charge in [0, 0.05) is 37.0 Å². The summed E-state index contributed by atoms with van der Waals surface area (Å²) in [4.78, 5) is 2.44. The number of nitrogens with zero attached hydrogens (tertiary/aromatic N) is 1. The van der Waals surface area contributed by atoms with E-state index in [1.165, 1.54) is 18.4 Å². The Morgan fingerprint density at radius 2 is 2.25 bits per heavy atom. The smallest absolute Gasteiger partial charge is 0.126 e. The van der Waals surface area contributed by atoms with Crippen molar-refractivity contribution in [2.24, 2.45) is 0 Å². The fraction of sp³-hybridized carbons (Fsp3) is 0.625. The Morgan fingerprint density at radius 1 is 1.40 bits per heavy atom. The van der Waals surface area contributed by atoms with Gasteiger partial charge < -0.3 is 9.84 Å². The molecule has 4 heteroatoms. The number of hydrogen-bond donors (Lipinski definition) is 1. The number of benzene rings is 1. The van der Waals surface area contributed by atoms with Gasteiger partial charge in [-0.1, -0.05) is 11.6 Å². The van der Waals surface area contributed by atoms with Crippen LogP contribution in [0.4, 0.5) is 0 Å². The van der Waals surface area contributed by atoms with Gasteiger partial charge in [0.1, 0.15) is 5.75 Å². The second-order valence-corrected chi connectivity index (χ2v) is 6.94. The standard InChI is InChI=1S/C16H20ClNO2/c17-13-7-11-3-6-20-15(11)12(8-13)9-16(19)4-5-18(10-16)14-1-2-14/h7-8,14,19H,1-6,9-10H2. The highest BCUT2D eigenvalue weighted by Gasteiger charge is 2.42. The van der Waals surface area contributed by atoms with Gasteiger partial charge in [0.2, 0.25) is 0 Å². The topological polar surface area (TPSA) is 32.7 Å². The number of rotatable bonds is 3. The zero-order valence-electron chi connectivity index (χ0n) is 11.6. The molecule has 1 unspecified atom stereocenters. The van der Waals surface area contributed by atoms with Gasteiger partial charge >= 0.3 is 0 Å². The first-order valence-electron chi connectivity index (χ1n) is 7.54. The van der Waals surface area contributed by atoms with Gasteiger partial charge in [0.25, 0.3) is 0 Å². The number of likely N-dealkylation sites (tertiary alicyclic amines) is 1. The van der Waals surface area contributed by atoms with Gasteiger partial charge in [-0.3, -0.25) is 4.90 Å². The first-order valence-corrected chi connectivity index (χ1v) is 7.91. The van der Waals surface area contributed by atoms with Crippen molar-refractivity contribution in [3.05, 3.63) is 28.3 Å². The first kappa shape index (κ1) is 12.9. The summed E-state index contributed by atoms with van der Waals surface area (Å²) in [7, 11) is 0. The van der Waals surface area contributed by atoms with Crippen LogP contribution in [-0.4, -0.2) is 41.3 Å². The van der Waals surface area contributed by atoms with Crippen LogP contribution in [0.15, 0.2) is 12.1 Å². The summed E-state index contributed by atoms with van der Waals surface area (Å²) in [5.74, 6) is 0.965. The van der Waals surface area contributed by atoms with Crippen LogP contribution in [0.5, 0.6) is 5.75 Å². The van der Waals surface area contributed by atoms with E-state index in [4.69, 9.17) is 16.3 Å². The van der Waals surface area contributed by atoms with Crippen molar-refractivity contribution in [3.8, 4) is 5.75 Å². The zero-order valence-corrected chi connectivity index (χ0v) is 12.3. The van der Waals surface area contributed by atoms with Crippen LogP contribution in [0.3, 0.4) is 0 Å². The van der Waals surface area contributed by atoms with Gasteiger partial charge in [-0.15, -0.1) is 0 Å². The molecule has 0 amide bonds. The lowest BCUT2D eigenvalue weighted by Crippen LogP contribution is -2.36. The maximum Gasteiger partial charge on any atom is 0.126 e. The van der Waals surface area contributed by atoms with Crippen LogP contribution in [0, 0.1) is 0 Å². The summed E-state index contributed by atoms with van der Waals surface area (Å²) in [6, 6.07) is 4.68. The average Bonchev–Trinajstić information content (AvgIpc) is 3.01. The molecular formula is C16H20ClNO2. The fourth-order valence-corrected chi connectivity index (χ4v) is 3.88. The molecule has 1 saturated carbocycles. The summed E-state index contributed by atoms with van der Waals surface area (Å²) in [5, 5.41) is 11.6. The van der Waals surface area contributed by atoms with Gasteiger partial charge in [0.15, 0.2) is 0 Å². The van der Waals surface area contributed by atoms with Crippen molar-refractivity contribution in [1.29, 1.82) is 0 Å². The quantitative estimate of drug-likeness (QED) is 0.929.